The zero-order valence-corrected chi connectivity index (χ0v) is 9.38. The molecule has 0 atom stereocenters. The lowest BCUT2D eigenvalue weighted by atomic mass is 10.2. The Hall–Kier alpha value is -1.24. The smallest absolute Gasteiger partial charge is 0.276 e. The van der Waals surface area contributed by atoms with Crippen molar-refractivity contribution in [2.45, 2.75) is 6.18 Å². The molecule has 7 heteroatoms. The van der Waals surface area contributed by atoms with Gasteiger partial charge in [0.2, 0.25) is 0 Å². The van der Waals surface area contributed by atoms with Gasteiger partial charge in [-0.1, -0.05) is 0 Å². The van der Waals surface area contributed by atoms with Gasteiger partial charge in [-0.2, -0.15) is 13.2 Å². The molecule has 0 N–H and O–H groups in total. The van der Waals surface area contributed by atoms with Crippen molar-refractivity contribution in [2.75, 3.05) is 6.54 Å². The zero-order chi connectivity index (χ0) is 11.8. The Kier molecular flexibility index (Phi) is 2.79. The van der Waals surface area contributed by atoms with E-state index < -0.39 is 11.9 Å². The van der Waals surface area contributed by atoms with Gasteiger partial charge in [-0.3, -0.25) is 4.99 Å². The lowest BCUT2D eigenvalue weighted by Crippen LogP contribution is -2.19. The third-order valence-corrected chi connectivity index (χ3v) is 2.36. The average Bonchev–Trinajstić information content (AvgIpc) is 2.65. The standard InChI is InChI=1S/C9H5BrF3N3/c10-8-14-2-1-6(16-8)5-3-7(15-4-5)9(11,12)13/h1-3H,4H2. The van der Waals surface area contributed by atoms with Gasteiger partial charge in [-0.25, -0.2) is 9.97 Å². The van der Waals surface area contributed by atoms with E-state index in [4.69, 9.17) is 0 Å². The maximum Gasteiger partial charge on any atom is 0.432 e. The molecule has 0 fully saturated rings. The van der Waals surface area contributed by atoms with Crippen molar-refractivity contribution in [3.8, 4) is 0 Å². The molecule has 0 saturated heterocycles. The highest BCUT2D eigenvalue weighted by Crippen LogP contribution is 2.26. The van der Waals surface area contributed by atoms with Gasteiger partial charge in [-0.05, 0) is 28.1 Å². The van der Waals surface area contributed by atoms with Crippen molar-refractivity contribution >= 4 is 27.2 Å². The Morgan fingerprint density at radius 3 is 2.62 bits per heavy atom. The van der Waals surface area contributed by atoms with Gasteiger partial charge in [0.1, 0.15) is 5.71 Å². The fraction of sp³-hybridized carbons (Fsp3) is 0.222. The highest BCUT2D eigenvalue weighted by Gasteiger charge is 2.36. The molecule has 0 spiro atoms. The van der Waals surface area contributed by atoms with Crippen LogP contribution in [0.2, 0.25) is 0 Å². The molecule has 0 aliphatic carbocycles. The second kappa shape index (κ2) is 3.97. The normalized spacial score (nSPS) is 16.0. The first-order chi connectivity index (χ1) is 7.47. The van der Waals surface area contributed by atoms with E-state index >= 15 is 0 Å². The van der Waals surface area contributed by atoms with Crippen LogP contribution in [0.5, 0.6) is 0 Å². The second-order valence-electron chi connectivity index (χ2n) is 3.08. The monoisotopic (exact) mass is 291 g/mol. The minimum Gasteiger partial charge on any atom is -0.276 e. The third-order valence-electron chi connectivity index (χ3n) is 1.98. The molecular weight excluding hydrogens is 287 g/mol. The van der Waals surface area contributed by atoms with Crippen LogP contribution in [0.4, 0.5) is 13.2 Å². The number of aromatic nitrogens is 2. The van der Waals surface area contributed by atoms with Crippen LogP contribution < -0.4 is 0 Å². The third kappa shape index (κ3) is 2.29. The number of halogens is 4. The molecule has 0 unspecified atom stereocenters. The summed E-state index contributed by atoms with van der Waals surface area (Å²) in [6, 6.07) is 1.55. The Balaban J connectivity index is 2.28. The Labute approximate surface area is 97.3 Å². The van der Waals surface area contributed by atoms with Crippen LogP contribution in [-0.4, -0.2) is 28.4 Å². The molecule has 1 aromatic heterocycles. The summed E-state index contributed by atoms with van der Waals surface area (Å²) in [6.07, 6.45) is -1.92. The van der Waals surface area contributed by atoms with Crippen LogP contribution in [0, 0.1) is 0 Å². The van der Waals surface area contributed by atoms with E-state index in [1.807, 2.05) is 0 Å². The fourth-order valence-corrected chi connectivity index (χ4v) is 1.58. The number of hydrogen-bond acceptors (Lipinski definition) is 3. The number of alkyl halides is 3. The average molecular weight is 292 g/mol. The quantitative estimate of drug-likeness (QED) is 0.746. The van der Waals surface area contributed by atoms with Crippen LogP contribution in [0.15, 0.2) is 28.1 Å². The summed E-state index contributed by atoms with van der Waals surface area (Å²) in [5, 5.41) is 0. The number of allylic oxidation sites excluding steroid dienone is 1. The molecule has 3 nitrogen and oxygen atoms in total. The molecule has 0 amide bonds. The molecule has 2 rings (SSSR count). The summed E-state index contributed by atoms with van der Waals surface area (Å²) in [7, 11) is 0. The van der Waals surface area contributed by atoms with E-state index in [-0.39, 0.29) is 6.54 Å². The van der Waals surface area contributed by atoms with Crippen molar-refractivity contribution < 1.29 is 13.2 Å². The van der Waals surface area contributed by atoms with Gasteiger partial charge in [0.25, 0.3) is 0 Å². The van der Waals surface area contributed by atoms with Crippen LogP contribution in [0.25, 0.3) is 5.57 Å². The van der Waals surface area contributed by atoms with E-state index in [2.05, 4.69) is 30.9 Å². The van der Waals surface area contributed by atoms with Gasteiger partial charge >= 0.3 is 6.18 Å². The van der Waals surface area contributed by atoms with E-state index in [0.717, 1.165) is 6.08 Å². The lowest BCUT2D eigenvalue weighted by Gasteiger charge is -2.01. The number of aliphatic imine (C=N–C) groups is 1. The fourth-order valence-electron chi connectivity index (χ4n) is 1.27. The summed E-state index contributed by atoms with van der Waals surface area (Å²) in [5.74, 6) is 0. The Bertz CT molecular complexity index is 479. The lowest BCUT2D eigenvalue weighted by molar-refractivity contribution is -0.0576. The van der Waals surface area contributed by atoms with Crippen LogP contribution in [-0.2, 0) is 0 Å². The Morgan fingerprint density at radius 2 is 2.06 bits per heavy atom. The van der Waals surface area contributed by atoms with E-state index in [0.29, 0.717) is 16.0 Å². The SMILES string of the molecule is FC(F)(F)C1=NCC(c2ccnc(Br)n2)=C1. The molecule has 1 aliphatic rings. The number of hydrogen-bond donors (Lipinski definition) is 0. The van der Waals surface area contributed by atoms with Crippen molar-refractivity contribution in [3.05, 3.63) is 28.8 Å². The largest absolute Gasteiger partial charge is 0.432 e. The zero-order valence-electron chi connectivity index (χ0n) is 7.79. The molecule has 0 saturated carbocycles. The van der Waals surface area contributed by atoms with Gasteiger partial charge < -0.3 is 0 Å². The van der Waals surface area contributed by atoms with E-state index in [9.17, 15) is 13.2 Å². The van der Waals surface area contributed by atoms with Crippen molar-refractivity contribution in [1.82, 2.24) is 9.97 Å². The second-order valence-corrected chi connectivity index (χ2v) is 3.79. The molecule has 0 aromatic carbocycles. The highest BCUT2D eigenvalue weighted by atomic mass is 79.9. The molecule has 1 aliphatic heterocycles. The summed E-state index contributed by atoms with van der Waals surface area (Å²) < 4.78 is 37.3. The highest BCUT2D eigenvalue weighted by molar-refractivity contribution is 9.10. The summed E-state index contributed by atoms with van der Waals surface area (Å²) >= 11 is 3.05. The van der Waals surface area contributed by atoms with E-state index in [1.165, 1.54) is 6.20 Å². The van der Waals surface area contributed by atoms with Gasteiger partial charge in [0.15, 0.2) is 4.73 Å². The molecule has 84 valence electrons. The minimum atomic E-state index is -4.40. The summed E-state index contributed by atoms with van der Waals surface area (Å²) in [6.45, 7) is -0.00169. The maximum absolute atomic E-state index is 12.3. The summed E-state index contributed by atoms with van der Waals surface area (Å²) in [5.41, 5.74) is 0.0255. The molecular formula is C9H5BrF3N3. The molecule has 2 heterocycles. The summed E-state index contributed by atoms with van der Waals surface area (Å²) in [4.78, 5) is 11.2. The number of nitrogens with zero attached hydrogens (tertiary/aromatic N) is 3. The first-order valence-corrected chi connectivity index (χ1v) is 5.07. The molecule has 0 bridgehead atoms. The number of rotatable bonds is 1. The predicted molar refractivity (Wildman–Crippen MR) is 56.1 cm³/mol. The van der Waals surface area contributed by atoms with E-state index in [1.54, 1.807) is 6.07 Å². The minimum absolute atomic E-state index is 0.00169. The van der Waals surface area contributed by atoms with Crippen molar-refractivity contribution in [2.24, 2.45) is 4.99 Å². The van der Waals surface area contributed by atoms with Crippen LogP contribution in [0.1, 0.15) is 5.69 Å². The molecule has 16 heavy (non-hydrogen) atoms. The topological polar surface area (TPSA) is 38.1 Å². The van der Waals surface area contributed by atoms with Gasteiger partial charge in [0.05, 0.1) is 12.2 Å². The molecule has 1 aromatic rings. The van der Waals surface area contributed by atoms with Gasteiger partial charge in [-0.15, -0.1) is 0 Å². The first-order valence-electron chi connectivity index (χ1n) is 4.28. The first kappa shape index (κ1) is 11.3. The van der Waals surface area contributed by atoms with Gasteiger partial charge in [0, 0.05) is 11.8 Å². The Morgan fingerprint density at radius 1 is 1.31 bits per heavy atom. The van der Waals surface area contributed by atoms with Crippen molar-refractivity contribution in [1.29, 1.82) is 0 Å². The van der Waals surface area contributed by atoms with Crippen LogP contribution in [0.3, 0.4) is 0 Å². The molecule has 0 radical (unpaired) electrons. The maximum atomic E-state index is 12.3. The van der Waals surface area contributed by atoms with Crippen molar-refractivity contribution in [3.63, 3.8) is 0 Å². The van der Waals surface area contributed by atoms with Crippen LogP contribution >= 0.6 is 15.9 Å². The predicted octanol–water partition coefficient (Wildman–Crippen LogP) is 2.64.